The van der Waals surface area contributed by atoms with Crippen molar-refractivity contribution in [1.82, 2.24) is 9.97 Å². The number of esters is 1. The van der Waals surface area contributed by atoms with Crippen LogP contribution < -0.4 is 10.1 Å². The number of aryl methyl sites for hydroxylation is 1. The zero-order chi connectivity index (χ0) is 20.3. The standard InChI is InChI=1S/C19H16F3N3O3/c1-3-27-17(26)12-7-8-14(15(9-12)28-19(20,21)22)24-18-23-10-13-6-4-5-11(2)16(13)25-18/h4-10H,3H2,1-2H3,(H,23,24,25). The van der Waals surface area contributed by atoms with Gasteiger partial charge in [0.15, 0.2) is 5.75 Å². The van der Waals surface area contributed by atoms with Gasteiger partial charge in [-0.3, -0.25) is 0 Å². The second-order valence-corrected chi connectivity index (χ2v) is 5.81. The third-order valence-corrected chi connectivity index (χ3v) is 3.78. The average Bonchev–Trinajstić information content (AvgIpc) is 2.63. The maximum atomic E-state index is 12.8. The number of nitrogens with zero attached hydrogens (tertiary/aromatic N) is 2. The first-order valence-electron chi connectivity index (χ1n) is 8.33. The lowest BCUT2D eigenvalue weighted by Gasteiger charge is -2.15. The Kier molecular flexibility index (Phi) is 5.34. The summed E-state index contributed by atoms with van der Waals surface area (Å²) in [5.74, 6) is -1.25. The Morgan fingerprint density at radius 2 is 2.00 bits per heavy atom. The molecule has 3 rings (SSSR count). The Hall–Kier alpha value is -3.36. The number of aromatic nitrogens is 2. The zero-order valence-corrected chi connectivity index (χ0v) is 15.0. The van der Waals surface area contributed by atoms with Crippen molar-refractivity contribution in [3.05, 3.63) is 53.7 Å². The number of nitrogens with one attached hydrogen (secondary N) is 1. The Balaban J connectivity index is 1.98. The Labute approximate surface area is 158 Å². The highest BCUT2D eigenvalue weighted by atomic mass is 19.4. The number of benzene rings is 2. The van der Waals surface area contributed by atoms with Crippen molar-refractivity contribution in [2.24, 2.45) is 0 Å². The molecular formula is C19H16F3N3O3. The van der Waals surface area contributed by atoms with Gasteiger partial charge >= 0.3 is 12.3 Å². The number of hydrogen-bond acceptors (Lipinski definition) is 6. The molecule has 0 aliphatic heterocycles. The lowest BCUT2D eigenvalue weighted by molar-refractivity contribution is -0.274. The highest BCUT2D eigenvalue weighted by molar-refractivity contribution is 5.91. The van der Waals surface area contributed by atoms with E-state index in [0.717, 1.165) is 17.0 Å². The van der Waals surface area contributed by atoms with E-state index in [2.05, 4.69) is 20.0 Å². The molecule has 0 saturated heterocycles. The number of hydrogen-bond donors (Lipinski definition) is 1. The first-order valence-corrected chi connectivity index (χ1v) is 8.33. The molecular weight excluding hydrogens is 375 g/mol. The molecule has 28 heavy (non-hydrogen) atoms. The molecule has 0 saturated carbocycles. The van der Waals surface area contributed by atoms with Crippen LogP contribution in [0.5, 0.6) is 5.75 Å². The van der Waals surface area contributed by atoms with Crippen LogP contribution in [0.3, 0.4) is 0 Å². The number of para-hydroxylation sites is 1. The van der Waals surface area contributed by atoms with Crippen LogP contribution in [-0.4, -0.2) is 28.9 Å². The third kappa shape index (κ3) is 4.48. The largest absolute Gasteiger partial charge is 0.573 e. The van der Waals surface area contributed by atoms with Crippen molar-refractivity contribution in [3.8, 4) is 5.75 Å². The number of fused-ring (bicyclic) bond motifs is 1. The van der Waals surface area contributed by atoms with Crippen LogP contribution in [-0.2, 0) is 4.74 Å². The smallest absolute Gasteiger partial charge is 0.462 e. The summed E-state index contributed by atoms with van der Waals surface area (Å²) < 4.78 is 47.3. The number of halogens is 3. The van der Waals surface area contributed by atoms with Crippen LogP contribution in [0.15, 0.2) is 42.6 Å². The molecule has 1 N–H and O–H groups in total. The first-order chi connectivity index (χ1) is 13.3. The van der Waals surface area contributed by atoms with Gasteiger partial charge in [-0.15, -0.1) is 13.2 Å². The third-order valence-electron chi connectivity index (χ3n) is 3.78. The molecule has 0 aliphatic rings. The number of ether oxygens (including phenoxy) is 2. The van der Waals surface area contributed by atoms with Gasteiger partial charge in [0.2, 0.25) is 5.95 Å². The maximum Gasteiger partial charge on any atom is 0.573 e. The van der Waals surface area contributed by atoms with Crippen LogP contribution in [0.25, 0.3) is 10.9 Å². The van der Waals surface area contributed by atoms with Crippen molar-refractivity contribution in [1.29, 1.82) is 0 Å². The molecule has 0 atom stereocenters. The normalized spacial score (nSPS) is 11.3. The fourth-order valence-electron chi connectivity index (χ4n) is 2.56. The van der Waals surface area contributed by atoms with Crippen LogP contribution in [0.4, 0.5) is 24.8 Å². The van der Waals surface area contributed by atoms with E-state index in [1.165, 1.54) is 12.1 Å². The minimum Gasteiger partial charge on any atom is -0.462 e. The molecule has 1 aromatic heterocycles. The van der Waals surface area contributed by atoms with Gasteiger partial charge in [0.1, 0.15) is 0 Å². The van der Waals surface area contributed by atoms with Crippen molar-refractivity contribution in [2.75, 3.05) is 11.9 Å². The van der Waals surface area contributed by atoms with Crippen LogP contribution in [0.2, 0.25) is 0 Å². The molecule has 2 aromatic carbocycles. The molecule has 0 radical (unpaired) electrons. The molecule has 0 bridgehead atoms. The SMILES string of the molecule is CCOC(=O)c1ccc(Nc2ncc3cccc(C)c3n2)c(OC(F)(F)F)c1. The highest BCUT2D eigenvalue weighted by Crippen LogP contribution is 2.33. The van der Waals surface area contributed by atoms with Crippen molar-refractivity contribution < 1.29 is 27.4 Å². The summed E-state index contributed by atoms with van der Waals surface area (Å²) in [6.45, 7) is 3.56. The topological polar surface area (TPSA) is 73.3 Å². The highest BCUT2D eigenvalue weighted by Gasteiger charge is 2.32. The van der Waals surface area contributed by atoms with Crippen LogP contribution in [0.1, 0.15) is 22.8 Å². The Morgan fingerprint density at radius 3 is 2.71 bits per heavy atom. The molecule has 6 nitrogen and oxygen atoms in total. The van der Waals surface area contributed by atoms with Gasteiger partial charge in [0.25, 0.3) is 0 Å². The summed E-state index contributed by atoms with van der Waals surface area (Å²) in [7, 11) is 0. The molecule has 9 heteroatoms. The number of rotatable bonds is 5. The van der Waals surface area contributed by atoms with Crippen LogP contribution in [0, 0.1) is 6.92 Å². The monoisotopic (exact) mass is 391 g/mol. The van der Waals surface area contributed by atoms with Gasteiger partial charge in [-0.25, -0.2) is 14.8 Å². The molecule has 3 aromatic rings. The van der Waals surface area contributed by atoms with Gasteiger partial charge < -0.3 is 14.8 Å². The molecule has 0 spiro atoms. The summed E-state index contributed by atoms with van der Waals surface area (Å²) in [6.07, 6.45) is -3.38. The van der Waals surface area contributed by atoms with E-state index < -0.39 is 18.1 Å². The van der Waals surface area contributed by atoms with Crippen molar-refractivity contribution in [2.45, 2.75) is 20.2 Å². The summed E-state index contributed by atoms with van der Waals surface area (Å²) in [5, 5.41) is 3.51. The van der Waals surface area contributed by atoms with E-state index in [4.69, 9.17) is 4.74 Å². The summed E-state index contributed by atoms with van der Waals surface area (Å²) in [4.78, 5) is 20.3. The summed E-state index contributed by atoms with van der Waals surface area (Å²) in [5.41, 5.74) is 1.45. The van der Waals surface area contributed by atoms with Gasteiger partial charge in [-0.05, 0) is 37.6 Å². The van der Waals surface area contributed by atoms with E-state index in [9.17, 15) is 18.0 Å². The molecule has 1 heterocycles. The number of carbonyl (C=O) groups excluding carboxylic acids is 1. The van der Waals surface area contributed by atoms with Gasteiger partial charge in [-0.1, -0.05) is 18.2 Å². The van der Waals surface area contributed by atoms with Crippen molar-refractivity contribution >= 4 is 28.5 Å². The quantitative estimate of drug-likeness (QED) is 0.633. The number of carbonyl (C=O) groups is 1. The van der Waals surface area contributed by atoms with E-state index in [1.807, 2.05) is 25.1 Å². The molecule has 0 unspecified atom stereocenters. The Morgan fingerprint density at radius 1 is 1.21 bits per heavy atom. The molecule has 0 aliphatic carbocycles. The van der Waals surface area contributed by atoms with E-state index in [0.29, 0.717) is 5.52 Å². The van der Waals surface area contributed by atoms with Gasteiger partial charge in [0.05, 0.1) is 23.4 Å². The molecule has 0 amide bonds. The van der Waals surface area contributed by atoms with E-state index >= 15 is 0 Å². The van der Waals surface area contributed by atoms with Crippen LogP contribution >= 0.6 is 0 Å². The lowest BCUT2D eigenvalue weighted by atomic mass is 10.1. The summed E-state index contributed by atoms with van der Waals surface area (Å²) in [6, 6.07) is 9.12. The predicted octanol–water partition coefficient (Wildman–Crippen LogP) is 4.76. The molecule has 146 valence electrons. The van der Waals surface area contributed by atoms with E-state index in [-0.39, 0.29) is 23.8 Å². The fourth-order valence-corrected chi connectivity index (χ4v) is 2.56. The predicted molar refractivity (Wildman–Crippen MR) is 96.6 cm³/mol. The maximum absolute atomic E-state index is 12.8. The second-order valence-electron chi connectivity index (χ2n) is 5.81. The second kappa shape index (κ2) is 7.71. The van der Waals surface area contributed by atoms with Crippen molar-refractivity contribution in [3.63, 3.8) is 0 Å². The fraction of sp³-hybridized carbons (Fsp3) is 0.211. The summed E-state index contributed by atoms with van der Waals surface area (Å²) >= 11 is 0. The van der Waals surface area contributed by atoms with Gasteiger partial charge in [-0.2, -0.15) is 0 Å². The first kappa shape index (κ1) is 19.4. The zero-order valence-electron chi connectivity index (χ0n) is 15.0. The van der Waals surface area contributed by atoms with Gasteiger partial charge in [0, 0.05) is 11.6 Å². The Bertz CT molecular complexity index is 1020. The lowest BCUT2D eigenvalue weighted by Crippen LogP contribution is -2.18. The van der Waals surface area contributed by atoms with E-state index in [1.54, 1.807) is 13.1 Å². The minimum atomic E-state index is -4.94. The number of alkyl halides is 3. The molecule has 0 fully saturated rings. The average molecular weight is 391 g/mol. The number of anilines is 2. The minimum absolute atomic E-state index is 0.0432.